The fourth-order valence-electron chi connectivity index (χ4n) is 2.91. The van der Waals surface area contributed by atoms with Crippen LogP contribution in [0, 0.1) is 0 Å². The molecular weight excluding hydrogens is 300 g/mol. The van der Waals surface area contributed by atoms with Gasteiger partial charge in [0.2, 0.25) is 0 Å². The summed E-state index contributed by atoms with van der Waals surface area (Å²) < 4.78 is 0. The zero-order valence-corrected chi connectivity index (χ0v) is 14.6. The summed E-state index contributed by atoms with van der Waals surface area (Å²) in [6.45, 7) is 9.99. The fraction of sp³-hybridized carbons (Fsp3) is 0.0400. The zero-order chi connectivity index (χ0) is 17.6. The third kappa shape index (κ3) is 4.05. The van der Waals surface area contributed by atoms with E-state index in [1.165, 1.54) is 22.3 Å². The third-order valence-corrected chi connectivity index (χ3v) is 4.10. The van der Waals surface area contributed by atoms with Gasteiger partial charge in [0.05, 0.1) is 0 Å². The highest BCUT2D eigenvalue weighted by atomic mass is 14.1. The third-order valence-electron chi connectivity index (χ3n) is 4.10. The molecule has 0 unspecified atom stereocenters. The number of benzene rings is 3. The van der Waals surface area contributed by atoms with Crippen LogP contribution in [0.5, 0.6) is 0 Å². The molecule has 0 radical (unpaired) electrons. The van der Waals surface area contributed by atoms with Gasteiger partial charge in [-0.25, -0.2) is 0 Å². The highest BCUT2D eigenvalue weighted by molar-refractivity contribution is 5.83. The van der Waals surface area contributed by atoms with Gasteiger partial charge in [0, 0.05) is 0 Å². The first-order valence-corrected chi connectivity index (χ1v) is 8.43. The molecular formula is C25H22. The van der Waals surface area contributed by atoms with Crippen LogP contribution in [-0.2, 0) is 0 Å². The molecule has 0 spiro atoms. The monoisotopic (exact) mass is 322 g/mol. The number of rotatable bonds is 5. The van der Waals surface area contributed by atoms with Crippen LogP contribution in [0.15, 0.2) is 110 Å². The molecule has 0 nitrogen and oxygen atoms in total. The Kier molecular flexibility index (Phi) is 5.11. The van der Waals surface area contributed by atoms with Crippen LogP contribution in [0.25, 0.3) is 27.8 Å². The molecule has 0 amide bonds. The van der Waals surface area contributed by atoms with Crippen molar-refractivity contribution in [2.24, 2.45) is 0 Å². The molecule has 0 bridgehead atoms. The summed E-state index contributed by atoms with van der Waals surface area (Å²) in [4.78, 5) is 0. The lowest BCUT2D eigenvalue weighted by Crippen LogP contribution is -1.88. The van der Waals surface area contributed by atoms with Gasteiger partial charge in [0.1, 0.15) is 0 Å². The van der Waals surface area contributed by atoms with Crippen LogP contribution in [0.3, 0.4) is 0 Å². The van der Waals surface area contributed by atoms with Crippen LogP contribution < -0.4 is 0 Å². The summed E-state index contributed by atoms with van der Waals surface area (Å²) in [5.41, 5.74) is 8.07. The van der Waals surface area contributed by atoms with Crippen LogP contribution in [0.1, 0.15) is 12.5 Å². The van der Waals surface area contributed by atoms with Crippen molar-refractivity contribution in [3.05, 3.63) is 115 Å². The first-order chi connectivity index (χ1) is 12.2. The molecule has 25 heavy (non-hydrogen) atoms. The van der Waals surface area contributed by atoms with Gasteiger partial charge in [-0.2, -0.15) is 0 Å². The lowest BCUT2D eigenvalue weighted by molar-refractivity contribution is 1.52. The summed E-state index contributed by atoms with van der Waals surface area (Å²) in [6.07, 6.45) is 3.97. The highest BCUT2D eigenvalue weighted by Gasteiger charge is 2.07. The highest BCUT2D eigenvalue weighted by Crippen LogP contribution is 2.31. The summed E-state index contributed by atoms with van der Waals surface area (Å²) in [7, 11) is 0. The maximum absolute atomic E-state index is 4.01. The van der Waals surface area contributed by atoms with E-state index in [1.807, 2.05) is 25.1 Å². The lowest BCUT2D eigenvalue weighted by Gasteiger charge is -2.12. The molecule has 0 saturated heterocycles. The van der Waals surface area contributed by atoms with Crippen molar-refractivity contribution in [2.45, 2.75) is 6.92 Å². The molecule has 3 rings (SSSR count). The average molecular weight is 322 g/mol. The maximum atomic E-state index is 4.01. The Morgan fingerprint density at radius 3 is 1.60 bits per heavy atom. The molecule has 0 fully saturated rings. The average Bonchev–Trinajstić information content (AvgIpc) is 2.67. The van der Waals surface area contributed by atoms with Crippen molar-refractivity contribution >= 4 is 5.57 Å². The largest absolute Gasteiger partial charge is 0.0984 e. The molecule has 0 N–H and O–H groups in total. The minimum absolute atomic E-state index is 1.02. The second kappa shape index (κ2) is 7.63. The Labute approximate surface area is 150 Å². The van der Waals surface area contributed by atoms with E-state index in [0.717, 1.165) is 16.7 Å². The molecule has 0 aliphatic carbocycles. The minimum atomic E-state index is 1.02. The van der Waals surface area contributed by atoms with Gasteiger partial charge < -0.3 is 0 Å². The van der Waals surface area contributed by atoms with Crippen molar-refractivity contribution in [3.8, 4) is 22.3 Å². The van der Waals surface area contributed by atoms with Gasteiger partial charge in [-0.3, -0.25) is 0 Å². The van der Waals surface area contributed by atoms with E-state index >= 15 is 0 Å². The summed E-state index contributed by atoms with van der Waals surface area (Å²) in [5.74, 6) is 0. The van der Waals surface area contributed by atoms with Crippen LogP contribution >= 0.6 is 0 Å². The van der Waals surface area contributed by atoms with E-state index in [1.54, 1.807) is 0 Å². The fourth-order valence-corrected chi connectivity index (χ4v) is 2.91. The summed E-state index contributed by atoms with van der Waals surface area (Å²) in [6, 6.07) is 27.6. The van der Waals surface area contributed by atoms with Gasteiger partial charge in [-0.05, 0) is 58.5 Å². The molecule has 3 aromatic carbocycles. The lowest BCUT2D eigenvalue weighted by atomic mass is 9.93. The molecule has 0 atom stereocenters. The van der Waals surface area contributed by atoms with Crippen molar-refractivity contribution in [1.82, 2.24) is 0 Å². The van der Waals surface area contributed by atoms with Crippen molar-refractivity contribution in [2.75, 3.05) is 0 Å². The molecule has 3 aromatic rings. The molecule has 0 heterocycles. The Bertz CT molecular complexity index is 855. The summed E-state index contributed by atoms with van der Waals surface area (Å²) >= 11 is 0. The van der Waals surface area contributed by atoms with Crippen molar-refractivity contribution in [3.63, 3.8) is 0 Å². The minimum Gasteiger partial charge on any atom is -0.0984 e. The first kappa shape index (κ1) is 16.7. The molecule has 0 heteroatoms. The van der Waals surface area contributed by atoms with Gasteiger partial charge in [-0.1, -0.05) is 91.5 Å². The smallest absolute Gasteiger partial charge is 0.0172 e. The first-order valence-electron chi connectivity index (χ1n) is 8.43. The Balaban J connectivity index is 2.22. The predicted octanol–water partition coefficient (Wildman–Crippen LogP) is 7.17. The topological polar surface area (TPSA) is 0 Å². The predicted molar refractivity (Wildman–Crippen MR) is 110 cm³/mol. The standard InChI is InChI=1S/C25H22/c1-4-20(15-19(2)3)23-16-24(21-11-7-5-8-12-21)18-25(17-23)22-13-9-6-10-14-22/h4-18H,1-2H2,3H3/b20-15+. The zero-order valence-electron chi connectivity index (χ0n) is 14.6. The van der Waals surface area contributed by atoms with E-state index in [-0.39, 0.29) is 0 Å². The number of hydrogen-bond acceptors (Lipinski definition) is 0. The maximum Gasteiger partial charge on any atom is -0.0172 e. The van der Waals surface area contributed by atoms with Gasteiger partial charge in [0.25, 0.3) is 0 Å². The normalized spacial score (nSPS) is 11.2. The van der Waals surface area contributed by atoms with E-state index in [4.69, 9.17) is 0 Å². The molecule has 0 aliphatic heterocycles. The van der Waals surface area contributed by atoms with Crippen LogP contribution in [-0.4, -0.2) is 0 Å². The molecule has 0 saturated carbocycles. The Hall–Kier alpha value is -3.12. The second-order valence-corrected chi connectivity index (χ2v) is 6.18. The van der Waals surface area contributed by atoms with Crippen LogP contribution in [0.2, 0.25) is 0 Å². The van der Waals surface area contributed by atoms with Crippen LogP contribution in [0.4, 0.5) is 0 Å². The van der Waals surface area contributed by atoms with Crippen molar-refractivity contribution < 1.29 is 0 Å². The second-order valence-electron chi connectivity index (χ2n) is 6.18. The molecule has 0 aromatic heterocycles. The van der Waals surface area contributed by atoms with Gasteiger partial charge >= 0.3 is 0 Å². The van der Waals surface area contributed by atoms with E-state index in [2.05, 4.69) is 86.0 Å². The summed E-state index contributed by atoms with van der Waals surface area (Å²) in [5, 5.41) is 0. The Morgan fingerprint density at radius 1 is 0.720 bits per heavy atom. The van der Waals surface area contributed by atoms with Crippen molar-refractivity contribution in [1.29, 1.82) is 0 Å². The van der Waals surface area contributed by atoms with Gasteiger partial charge in [0.15, 0.2) is 0 Å². The SMILES string of the molecule is C=C/C(=C\C(=C)C)c1cc(-c2ccccc2)cc(-c2ccccc2)c1. The molecule has 122 valence electrons. The van der Waals surface area contributed by atoms with E-state index in [0.29, 0.717) is 0 Å². The molecule has 0 aliphatic rings. The van der Waals surface area contributed by atoms with E-state index in [9.17, 15) is 0 Å². The number of allylic oxidation sites excluding steroid dienone is 4. The van der Waals surface area contributed by atoms with Gasteiger partial charge in [-0.15, -0.1) is 0 Å². The van der Waals surface area contributed by atoms with E-state index < -0.39 is 0 Å². The number of hydrogen-bond donors (Lipinski definition) is 0. The Morgan fingerprint density at radius 2 is 1.20 bits per heavy atom. The quantitative estimate of drug-likeness (QED) is 0.437.